The summed E-state index contributed by atoms with van der Waals surface area (Å²) in [6, 6.07) is 19.9. The number of aromatic nitrogens is 2. The second kappa shape index (κ2) is 7.76. The molecule has 0 aliphatic carbocycles. The maximum absolute atomic E-state index is 14.6. The van der Waals surface area contributed by atoms with Crippen LogP contribution in [0.4, 0.5) is 4.39 Å². The van der Waals surface area contributed by atoms with Crippen molar-refractivity contribution in [3.05, 3.63) is 108 Å². The number of hydrogen-bond donors (Lipinski definition) is 1. The fraction of sp³-hybridized carbons (Fsp3) is 0.130. The number of furan rings is 1. The molecule has 4 aromatic rings. The van der Waals surface area contributed by atoms with E-state index in [0.717, 1.165) is 17.1 Å². The fourth-order valence-corrected chi connectivity index (χ4v) is 4.27. The van der Waals surface area contributed by atoms with Crippen LogP contribution in [0.3, 0.4) is 0 Å². The first kappa shape index (κ1) is 18.6. The number of benzene rings is 1. The first-order valence-electron chi connectivity index (χ1n) is 9.65. The van der Waals surface area contributed by atoms with Crippen LogP contribution in [-0.4, -0.2) is 19.6 Å². The van der Waals surface area contributed by atoms with Crippen molar-refractivity contribution in [1.82, 2.24) is 19.8 Å². The number of rotatable bonds is 5. The van der Waals surface area contributed by atoms with Crippen molar-refractivity contribution in [2.24, 2.45) is 0 Å². The molecule has 5 nitrogen and oxygen atoms in total. The topological polar surface area (TPSA) is 46.2 Å². The molecule has 1 saturated heterocycles. The van der Waals surface area contributed by atoms with Gasteiger partial charge in [-0.25, -0.2) is 4.39 Å². The largest absolute Gasteiger partial charge is 0.467 e. The molecule has 0 saturated carbocycles. The van der Waals surface area contributed by atoms with Crippen molar-refractivity contribution in [2.75, 3.05) is 0 Å². The Bertz CT molecular complexity index is 1160. The number of hydrogen-bond acceptors (Lipinski definition) is 3. The predicted molar refractivity (Wildman–Crippen MR) is 115 cm³/mol. The van der Waals surface area contributed by atoms with E-state index in [2.05, 4.69) is 15.2 Å². The number of halogens is 1. The fourth-order valence-electron chi connectivity index (χ4n) is 3.97. The molecule has 1 aromatic carbocycles. The van der Waals surface area contributed by atoms with Crippen molar-refractivity contribution in [2.45, 2.75) is 18.6 Å². The Morgan fingerprint density at radius 2 is 1.90 bits per heavy atom. The molecule has 0 bridgehead atoms. The molecule has 0 radical (unpaired) electrons. The van der Waals surface area contributed by atoms with E-state index >= 15 is 0 Å². The molecule has 5 rings (SSSR count). The minimum atomic E-state index is -0.282. The van der Waals surface area contributed by atoms with Gasteiger partial charge in [0.25, 0.3) is 0 Å². The number of pyridine rings is 1. The molecule has 0 unspecified atom stereocenters. The maximum Gasteiger partial charge on any atom is 0.170 e. The molecule has 0 spiro atoms. The lowest BCUT2D eigenvalue weighted by Gasteiger charge is -2.28. The van der Waals surface area contributed by atoms with Crippen molar-refractivity contribution in [3.63, 3.8) is 0 Å². The molecular formula is C23H19FN4OS. The van der Waals surface area contributed by atoms with Crippen molar-refractivity contribution in [3.8, 4) is 5.69 Å². The normalized spacial score (nSPS) is 18.6. The summed E-state index contributed by atoms with van der Waals surface area (Å²) < 4.78 is 22.1. The Balaban J connectivity index is 1.62. The van der Waals surface area contributed by atoms with E-state index in [4.69, 9.17) is 16.6 Å². The summed E-state index contributed by atoms with van der Waals surface area (Å²) in [6.45, 7) is 0.495. The van der Waals surface area contributed by atoms with Gasteiger partial charge in [-0.1, -0.05) is 18.2 Å². The lowest BCUT2D eigenvalue weighted by Crippen LogP contribution is -2.29. The SMILES string of the molecule is Fc1ccccc1-n1cccc1[C@@H]1[C@H](c2ccccn2)NC(=S)N1Cc1ccco1. The van der Waals surface area contributed by atoms with E-state index < -0.39 is 0 Å². The molecule has 3 aromatic heterocycles. The minimum Gasteiger partial charge on any atom is -0.467 e. The Morgan fingerprint density at radius 3 is 2.67 bits per heavy atom. The van der Waals surface area contributed by atoms with Gasteiger partial charge in [-0.2, -0.15) is 0 Å². The molecule has 150 valence electrons. The molecule has 1 aliphatic rings. The standard InChI is InChI=1S/C23H19FN4OS/c24-17-8-1-2-10-19(17)27-13-5-11-20(27)22-21(18-9-3-4-12-25-18)26-23(30)28(22)15-16-7-6-14-29-16/h1-14,21-22H,15H2,(H,26,30)/t21-,22+/m0/s1. The summed E-state index contributed by atoms with van der Waals surface area (Å²) in [5, 5.41) is 4.02. The zero-order valence-corrected chi connectivity index (χ0v) is 16.8. The van der Waals surface area contributed by atoms with E-state index in [-0.39, 0.29) is 17.9 Å². The number of para-hydroxylation sites is 1. The molecule has 4 heterocycles. The van der Waals surface area contributed by atoms with Gasteiger partial charge in [0.05, 0.1) is 36.3 Å². The molecule has 2 atom stereocenters. The van der Waals surface area contributed by atoms with Crippen molar-refractivity contribution < 1.29 is 8.81 Å². The van der Waals surface area contributed by atoms with E-state index in [0.29, 0.717) is 17.3 Å². The Labute approximate surface area is 178 Å². The molecule has 0 amide bonds. The Morgan fingerprint density at radius 1 is 1.03 bits per heavy atom. The maximum atomic E-state index is 14.6. The summed E-state index contributed by atoms with van der Waals surface area (Å²) >= 11 is 5.69. The van der Waals surface area contributed by atoms with E-state index in [1.54, 1.807) is 24.6 Å². The molecule has 30 heavy (non-hydrogen) atoms. The van der Waals surface area contributed by atoms with E-state index in [9.17, 15) is 4.39 Å². The zero-order chi connectivity index (χ0) is 20.5. The predicted octanol–water partition coefficient (Wildman–Crippen LogP) is 4.78. The molecule has 1 fully saturated rings. The second-order valence-corrected chi connectivity index (χ2v) is 7.48. The second-order valence-electron chi connectivity index (χ2n) is 7.09. The third-order valence-electron chi connectivity index (χ3n) is 5.30. The van der Waals surface area contributed by atoms with Crippen LogP contribution < -0.4 is 5.32 Å². The summed E-state index contributed by atoms with van der Waals surface area (Å²) in [7, 11) is 0. The van der Waals surface area contributed by atoms with Gasteiger partial charge in [0.2, 0.25) is 0 Å². The van der Waals surface area contributed by atoms with Crippen LogP contribution in [0, 0.1) is 5.82 Å². The third kappa shape index (κ3) is 3.27. The first-order chi connectivity index (χ1) is 14.7. The van der Waals surface area contributed by atoms with Crippen LogP contribution in [0.1, 0.15) is 29.2 Å². The lowest BCUT2D eigenvalue weighted by atomic mass is 10.0. The van der Waals surface area contributed by atoms with Gasteiger partial charge >= 0.3 is 0 Å². The molecule has 1 N–H and O–H groups in total. The highest BCUT2D eigenvalue weighted by Crippen LogP contribution is 2.40. The number of nitrogens with one attached hydrogen (secondary N) is 1. The van der Waals surface area contributed by atoms with Crippen molar-refractivity contribution in [1.29, 1.82) is 0 Å². The van der Waals surface area contributed by atoms with Crippen LogP contribution in [0.15, 0.2) is 89.8 Å². The van der Waals surface area contributed by atoms with Gasteiger partial charge in [0, 0.05) is 18.1 Å². The van der Waals surface area contributed by atoms with E-state index in [1.807, 2.05) is 59.3 Å². The average molecular weight is 418 g/mol. The van der Waals surface area contributed by atoms with Gasteiger partial charge < -0.3 is 19.2 Å². The average Bonchev–Trinajstić information content (AvgIpc) is 3.51. The first-order valence-corrected chi connectivity index (χ1v) is 10.1. The highest BCUT2D eigenvalue weighted by Gasteiger charge is 2.41. The smallest absolute Gasteiger partial charge is 0.170 e. The van der Waals surface area contributed by atoms with Crippen molar-refractivity contribution >= 4 is 17.3 Å². The Kier molecular flexibility index (Phi) is 4.80. The lowest BCUT2D eigenvalue weighted by molar-refractivity contribution is 0.280. The van der Waals surface area contributed by atoms with Gasteiger partial charge in [-0.3, -0.25) is 4.98 Å². The number of thiocarbonyl (C=S) groups is 1. The van der Waals surface area contributed by atoms with Gasteiger partial charge in [0.1, 0.15) is 11.6 Å². The Hall–Kier alpha value is -3.45. The third-order valence-corrected chi connectivity index (χ3v) is 5.65. The molecular weight excluding hydrogens is 399 g/mol. The summed E-state index contributed by atoms with van der Waals surface area (Å²) in [4.78, 5) is 6.62. The van der Waals surface area contributed by atoms with Crippen LogP contribution in [0.25, 0.3) is 5.69 Å². The monoisotopic (exact) mass is 418 g/mol. The van der Waals surface area contributed by atoms with Crippen LogP contribution >= 0.6 is 12.2 Å². The van der Waals surface area contributed by atoms with Crippen LogP contribution in [-0.2, 0) is 6.54 Å². The summed E-state index contributed by atoms with van der Waals surface area (Å²) in [6.07, 6.45) is 5.28. The zero-order valence-electron chi connectivity index (χ0n) is 16.0. The van der Waals surface area contributed by atoms with E-state index in [1.165, 1.54) is 6.07 Å². The highest BCUT2D eigenvalue weighted by atomic mass is 32.1. The van der Waals surface area contributed by atoms with Gasteiger partial charge in [-0.05, 0) is 60.7 Å². The molecule has 7 heteroatoms. The van der Waals surface area contributed by atoms with Crippen LogP contribution in [0.5, 0.6) is 0 Å². The molecule has 1 aliphatic heterocycles. The quantitative estimate of drug-likeness (QED) is 0.473. The number of nitrogens with zero attached hydrogens (tertiary/aromatic N) is 3. The van der Waals surface area contributed by atoms with Gasteiger partial charge in [-0.15, -0.1) is 0 Å². The van der Waals surface area contributed by atoms with Crippen LogP contribution in [0.2, 0.25) is 0 Å². The van der Waals surface area contributed by atoms with Gasteiger partial charge in [0.15, 0.2) is 5.11 Å². The summed E-state index contributed by atoms with van der Waals surface area (Å²) in [5.41, 5.74) is 2.27. The summed E-state index contributed by atoms with van der Waals surface area (Å²) in [5.74, 6) is 0.519. The highest BCUT2D eigenvalue weighted by molar-refractivity contribution is 7.80. The minimum absolute atomic E-state index is 0.186.